The fourth-order valence-corrected chi connectivity index (χ4v) is 2.47. The molecule has 1 fully saturated rings. The van der Waals surface area contributed by atoms with E-state index >= 15 is 0 Å². The van der Waals surface area contributed by atoms with Crippen molar-refractivity contribution >= 4 is 23.2 Å². The van der Waals surface area contributed by atoms with Gasteiger partial charge in [-0.05, 0) is 43.2 Å². The second-order valence-electron chi connectivity index (χ2n) is 5.46. The molecule has 8 heteroatoms. The number of carbonyl (C=O) groups is 1. The number of anilines is 2. The van der Waals surface area contributed by atoms with E-state index in [0.717, 1.165) is 37.8 Å². The molecule has 24 heavy (non-hydrogen) atoms. The smallest absolute Gasteiger partial charge is 0.395 e. The third-order valence-electron chi connectivity index (χ3n) is 3.73. The lowest BCUT2D eigenvalue weighted by Gasteiger charge is -2.24. The summed E-state index contributed by atoms with van der Waals surface area (Å²) in [6.45, 7) is 1.53. The topological polar surface area (TPSA) is 107 Å². The van der Waals surface area contributed by atoms with Gasteiger partial charge in [0, 0.05) is 30.6 Å². The molecular formula is C16H17N3O5. The van der Waals surface area contributed by atoms with Crippen LogP contribution >= 0.6 is 0 Å². The Morgan fingerprint density at radius 2 is 1.75 bits per heavy atom. The summed E-state index contributed by atoms with van der Waals surface area (Å²) >= 11 is 0. The normalized spacial score (nSPS) is 15.0. The summed E-state index contributed by atoms with van der Waals surface area (Å²) in [5, 5.41) is 16.6. The predicted octanol–water partition coefficient (Wildman–Crippen LogP) is 3.03. The lowest BCUT2D eigenvalue weighted by molar-refractivity contribution is -0.402. The van der Waals surface area contributed by atoms with Gasteiger partial charge in [-0.25, -0.2) is 0 Å². The van der Waals surface area contributed by atoms with Crippen molar-refractivity contribution in [1.82, 2.24) is 0 Å². The number of ether oxygens (including phenoxy) is 1. The van der Waals surface area contributed by atoms with Crippen LogP contribution < -0.4 is 10.6 Å². The molecular weight excluding hydrogens is 314 g/mol. The summed E-state index contributed by atoms with van der Waals surface area (Å²) in [5.74, 6) is -1.10. The monoisotopic (exact) mass is 331 g/mol. The molecule has 8 nitrogen and oxygen atoms in total. The quantitative estimate of drug-likeness (QED) is 0.644. The number of nitrogens with one attached hydrogen (secondary N) is 2. The van der Waals surface area contributed by atoms with Gasteiger partial charge in [-0.3, -0.25) is 14.9 Å². The Bertz CT molecular complexity index is 720. The minimum Gasteiger partial charge on any atom is -0.395 e. The number of benzene rings is 1. The molecule has 3 rings (SSSR count). The molecule has 0 aliphatic carbocycles. The molecule has 0 bridgehead atoms. The van der Waals surface area contributed by atoms with Crippen molar-refractivity contribution in [2.45, 2.75) is 18.9 Å². The van der Waals surface area contributed by atoms with Gasteiger partial charge in [0.05, 0.1) is 6.07 Å². The first-order valence-electron chi connectivity index (χ1n) is 7.62. The molecule has 1 aromatic heterocycles. The van der Waals surface area contributed by atoms with E-state index in [1.54, 1.807) is 12.1 Å². The first kappa shape index (κ1) is 16.0. The summed E-state index contributed by atoms with van der Waals surface area (Å²) in [6.07, 6.45) is 1.94. The Balaban J connectivity index is 1.58. The van der Waals surface area contributed by atoms with E-state index in [2.05, 4.69) is 10.6 Å². The van der Waals surface area contributed by atoms with Crippen LogP contribution in [0.1, 0.15) is 23.4 Å². The summed E-state index contributed by atoms with van der Waals surface area (Å²) in [4.78, 5) is 21.9. The molecule has 1 aromatic carbocycles. The van der Waals surface area contributed by atoms with Gasteiger partial charge < -0.3 is 19.8 Å². The van der Waals surface area contributed by atoms with Gasteiger partial charge in [0.2, 0.25) is 0 Å². The second kappa shape index (κ2) is 7.14. The van der Waals surface area contributed by atoms with Gasteiger partial charge >= 0.3 is 5.88 Å². The average molecular weight is 331 g/mol. The van der Waals surface area contributed by atoms with Gasteiger partial charge in [-0.1, -0.05) is 0 Å². The van der Waals surface area contributed by atoms with Crippen molar-refractivity contribution in [2.24, 2.45) is 0 Å². The van der Waals surface area contributed by atoms with Crippen LogP contribution in [-0.2, 0) is 4.74 Å². The minimum absolute atomic E-state index is 0.105. The zero-order chi connectivity index (χ0) is 16.9. The third-order valence-corrected chi connectivity index (χ3v) is 3.73. The van der Waals surface area contributed by atoms with Crippen LogP contribution in [0.2, 0.25) is 0 Å². The Hall–Kier alpha value is -2.87. The molecule has 0 atom stereocenters. The van der Waals surface area contributed by atoms with Crippen LogP contribution in [0.15, 0.2) is 40.8 Å². The summed E-state index contributed by atoms with van der Waals surface area (Å²) in [7, 11) is 0. The fourth-order valence-electron chi connectivity index (χ4n) is 2.47. The first-order chi connectivity index (χ1) is 11.6. The van der Waals surface area contributed by atoms with Crippen molar-refractivity contribution < 1.29 is 18.9 Å². The Morgan fingerprint density at radius 1 is 1.08 bits per heavy atom. The van der Waals surface area contributed by atoms with E-state index in [-0.39, 0.29) is 5.76 Å². The molecule has 1 amide bonds. The molecule has 2 heterocycles. The van der Waals surface area contributed by atoms with Crippen LogP contribution in [0.25, 0.3) is 0 Å². The van der Waals surface area contributed by atoms with Gasteiger partial charge in [-0.2, -0.15) is 0 Å². The molecule has 2 aromatic rings. The molecule has 0 radical (unpaired) electrons. The largest absolute Gasteiger partial charge is 0.433 e. The standard InChI is InChI=1S/C16H17N3O5/c20-16(14-5-6-15(24-14)19(21)22)18-12-3-1-11(2-4-12)17-13-7-9-23-10-8-13/h1-6,13,17H,7-10H2,(H,18,20). The highest BCUT2D eigenvalue weighted by Crippen LogP contribution is 2.20. The lowest BCUT2D eigenvalue weighted by atomic mass is 10.1. The van der Waals surface area contributed by atoms with Gasteiger partial charge in [0.25, 0.3) is 5.91 Å². The summed E-state index contributed by atoms with van der Waals surface area (Å²) < 4.78 is 10.2. The van der Waals surface area contributed by atoms with Crippen molar-refractivity contribution in [1.29, 1.82) is 0 Å². The fraction of sp³-hybridized carbons (Fsp3) is 0.312. The maximum atomic E-state index is 12.0. The Morgan fingerprint density at radius 3 is 2.38 bits per heavy atom. The second-order valence-corrected chi connectivity index (χ2v) is 5.46. The van der Waals surface area contributed by atoms with Crippen molar-refractivity contribution in [3.05, 3.63) is 52.3 Å². The highest BCUT2D eigenvalue weighted by Gasteiger charge is 2.17. The van der Waals surface area contributed by atoms with E-state index in [1.807, 2.05) is 12.1 Å². The van der Waals surface area contributed by atoms with Crippen LogP contribution in [-0.4, -0.2) is 30.1 Å². The number of nitro groups is 1. The molecule has 1 aliphatic heterocycles. The van der Waals surface area contributed by atoms with Crippen LogP contribution in [0.4, 0.5) is 17.3 Å². The maximum Gasteiger partial charge on any atom is 0.433 e. The first-order valence-corrected chi connectivity index (χ1v) is 7.62. The highest BCUT2D eigenvalue weighted by molar-refractivity contribution is 6.02. The number of rotatable bonds is 5. The van der Waals surface area contributed by atoms with E-state index in [4.69, 9.17) is 9.15 Å². The molecule has 2 N–H and O–H groups in total. The van der Waals surface area contributed by atoms with Gasteiger partial charge in [-0.15, -0.1) is 0 Å². The van der Waals surface area contributed by atoms with E-state index in [1.165, 1.54) is 6.07 Å². The SMILES string of the molecule is O=C(Nc1ccc(NC2CCOCC2)cc1)c1ccc([N+](=O)[O-])o1. The van der Waals surface area contributed by atoms with Crippen molar-refractivity contribution in [2.75, 3.05) is 23.8 Å². The van der Waals surface area contributed by atoms with E-state index in [9.17, 15) is 14.9 Å². The van der Waals surface area contributed by atoms with Crippen molar-refractivity contribution in [3.8, 4) is 0 Å². The number of hydrogen-bond donors (Lipinski definition) is 2. The number of amides is 1. The number of hydrogen-bond acceptors (Lipinski definition) is 6. The summed E-state index contributed by atoms with van der Waals surface area (Å²) in [5.41, 5.74) is 1.55. The third kappa shape index (κ3) is 3.90. The molecule has 126 valence electrons. The predicted molar refractivity (Wildman–Crippen MR) is 87.2 cm³/mol. The highest BCUT2D eigenvalue weighted by atomic mass is 16.6. The lowest BCUT2D eigenvalue weighted by Crippen LogP contribution is -2.27. The van der Waals surface area contributed by atoms with Crippen molar-refractivity contribution in [3.63, 3.8) is 0 Å². The van der Waals surface area contributed by atoms with Gasteiger partial charge in [0.1, 0.15) is 4.92 Å². The van der Waals surface area contributed by atoms with Gasteiger partial charge in [0.15, 0.2) is 5.76 Å². The number of nitrogens with zero attached hydrogens (tertiary/aromatic N) is 1. The molecule has 1 aliphatic rings. The van der Waals surface area contributed by atoms with Crippen LogP contribution in [0.5, 0.6) is 0 Å². The average Bonchev–Trinajstić information content (AvgIpc) is 3.08. The Labute approximate surface area is 137 Å². The Kier molecular flexibility index (Phi) is 4.76. The molecule has 0 spiro atoms. The molecule has 0 unspecified atom stereocenters. The minimum atomic E-state index is -0.687. The number of furan rings is 1. The van der Waals surface area contributed by atoms with E-state index in [0.29, 0.717) is 11.7 Å². The van der Waals surface area contributed by atoms with Crippen LogP contribution in [0.3, 0.4) is 0 Å². The number of carbonyl (C=O) groups excluding carboxylic acids is 1. The summed E-state index contributed by atoms with van der Waals surface area (Å²) in [6, 6.07) is 10.1. The van der Waals surface area contributed by atoms with Crippen LogP contribution in [0, 0.1) is 10.1 Å². The zero-order valence-corrected chi connectivity index (χ0v) is 12.9. The zero-order valence-electron chi connectivity index (χ0n) is 12.9. The van der Waals surface area contributed by atoms with E-state index < -0.39 is 16.7 Å². The molecule has 1 saturated heterocycles. The maximum absolute atomic E-state index is 12.0. The molecule has 0 saturated carbocycles.